The third-order valence-electron chi connectivity index (χ3n) is 5.35. The molecule has 1 aromatic carbocycles. The molecule has 3 aliphatic rings. The first-order valence-corrected chi connectivity index (χ1v) is 9.56. The summed E-state index contributed by atoms with van der Waals surface area (Å²) >= 11 is 0. The number of fused-ring (bicyclic) bond motifs is 1. The lowest BCUT2D eigenvalue weighted by Gasteiger charge is -2.34. The molecule has 0 unspecified atom stereocenters. The van der Waals surface area contributed by atoms with E-state index in [4.69, 9.17) is 9.47 Å². The molecule has 6 nitrogen and oxygen atoms in total. The van der Waals surface area contributed by atoms with Crippen molar-refractivity contribution in [3.8, 4) is 11.5 Å². The highest BCUT2D eigenvalue weighted by Gasteiger charge is 2.23. The summed E-state index contributed by atoms with van der Waals surface area (Å²) < 4.78 is 10.7. The summed E-state index contributed by atoms with van der Waals surface area (Å²) in [5, 5.41) is 0. The number of rotatable bonds is 5. The number of amides is 1. The SMILES string of the molecule is O=C(CN1CCN(CC=Cc2ccc3c(c2)OCO3)CC1)N1CCCC1. The molecular formula is C20H27N3O3. The third-order valence-corrected chi connectivity index (χ3v) is 5.35. The van der Waals surface area contributed by atoms with Crippen molar-refractivity contribution < 1.29 is 14.3 Å². The lowest BCUT2D eigenvalue weighted by molar-refractivity contribution is -0.131. The number of hydrogen-bond acceptors (Lipinski definition) is 5. The summed E-state index contributed by atoms with van der Waals surface area (Å²) in [6, 6.07) is 6.02. The summed E-state index contributed by atoms with van der Waals surface area (Å²) in [6.45, 7) is 7.69. The Balaban J connectivity index is 1.19. The first kappa shape index (κ1) is 17.4. The second-order valence-electron chi connectivity index (χ2n) is 7.18. The van der Waals surface area contributed by atoms with Crippen LogP contribution in [0.5, 0.6) is 11.5 Å². The van der Waals surface area contributed by atoms with E-state index >= 15 is 0 Å². The summed E-state index contributed by atoms with van der Waals surface area (Å²) in [6.07, 6.45) is 6.65. The molecule has 0 bridgehead atoms. The van der Waals surface area contributed by atoms with E-state index in [1.807, 2.05) is 23.1 Å². The largest absolute Gasteiger partial charge is 0.454 e. The van der Waals surface area contributed by atoms with Crippen LogP contribution < -0.4 is 9.47 Å². The van der Waals surface area contributed by atoms with Crippen LogP contribution in [0.3, 0.4) is 0 Å². The molecule has 1 amide bonds. The van der Waals surface area contributed by atoms with Gasteiger partial charge in [0.25, 0.3) is 0 Å². The Morgan fingerprint density at radius 1 is 0.962 bits per heavy atom. The lowest BCUT2D eigenvalue weighted by Crippen LogP contribution is -2.49. The van der Waals surface area contributed by atoms with Gasteiger partial charge in [-0.1, -0.05) is 18.2 Å². The molecule has 0 radical (unpaired) electrons. The van der Waals surface area contributed by atoms with E-state index in [1.165, 1.54) is 0 Å². The van der Waals surface area contributed by atoms with Crippen LogP contribution in [0.1, 0.15) is 18.4 Å². The molecular weight excluding hydrogens is 330 g/mol. The minimum Gasteiger partial charge on any atom is -0.454 e. The molecule has 0 atom stereocenters. The fourth-order valence-electron chi connectivity index (χ4n) is 3.74. The number of carbonyl (C=O) groups is 1. The summed E-state index contributed by atoms with van der Waals surface area (Å²) in [4.78, 5) is 19.0. The van der Waals surface area contributed by atoms with Gasteiger partial charge in [0, 0.05) is 45.8 Å². The predicted molar refractivity (Wildman–Crippen MR) is 100 cm³/mol. The van der Waals surface area contributed by atoms with Gasteiger partial charge in [-0.15, -0.1) is 0 Å². The molecule has 0 saturated carbocycles. The standard InChI is InChI=1S/C20H27N3O3/c24-20(23-8-1-2-9-23)15-22-12-10-21(11-13-22)7-3-4-17-5-6-18-19(14-17)26-16-25-18/h3-6,14H,1-2,7-13,15-16H2. The van der Waals surface area contributed by atoms with E-state index in [9.17, 15) is 4.79 Å². The van der Waals surface area contributed by atoms with Crippen molar-refractivity contribution in [3.05, 3.63) is 29.8 Å². The topological polar surface area (TPSA) is 45.3 Å². The predicted octanol–water partition coefficient (Wildman–Crippen LogP) is 1.67. The molecule has 0 aliphatic carbocycles. The summed E-state index contributed by atoms with van der Waals surface area (Å²) in [5.74, 6) is 1.95. The van der Waals surface area contributed by atoms with Gasteiger partial charge in [0.1, 0.15) is 0 Å². The fourth-order valence-corrected chi connectivity index (χ4v) is 3.74. The van der Waals surface area contributed by atoms with Crippen molar-refractivity contribution >= 4 is 12.0 Å². The molecule has 140 valence electrons. The quantitative estimate of drug-likeness (QED) is 0.802. The van der Waals surface area contributed by atoms with Gasteiger partial charge < -0.3 is 14.4 Å². The normalized spacial score (nSPS) is 21.0. The Bertz CT molecular complexity index is 662. The van der Waals surface area contributed by atoms with Gasteiger partial charge in [0.05, 0.1) is 6.54 Å². The van der Waals surface area contributed by atoms with Gasteiger partial charge >= 0.3 is 0 Å². The van der Waals surface area contributed by atoms with Gasteiger partial charge in [-0.25, -0.2) is 0 Å². The van der Waals surface area contributed by atoms with Crippen LogP contribution >= 0.6 is 0 Å². The van der Waals surface area contributed by atoms with E-state index < -0.39 is 0 Å². The first-order valence-electron chi connectivity index (χ1n) is 9.56. The van der Waals surface area contributed by atoms with E-state index in [-0.39, 0.29) is 0 Å². The molecule has 2 fully saturated rings. The van der Waals surface area contributed by atoms with Crippen LogP contribution in [0.15, 0.2) is 24.3 Å². The van der Waals surface area contributed by atoms with Gasteiger partial charge in [0.15, 0.2) is 11.5 Å². The number of likely N-dealkylation sites (tertiary alicyclic amines) is 1. The Hall–Kier alpha value is -2.05. The zero-order valence-electron chi connectivity index (χ0n) is 15.2. The average molecular weight is 357 g/mol. The zero-order chi connectivity index (χ0) is 17.8. The van der Waals surface area contributed by atoms with Crippen molar-refractivity contribution in [1.29, 1.82) is 0 Å². The number of nitrogens with zero attached hydrogens (tertiary/aromatic N) is 3. The van der Waals surface area contributed by atoms with Gasteiger partial charge in [-0.3, -0.25) is 14.6 Å². The molecule has 1 aromatic rings. The first-order chi connectivity index (χ1) is 12.8. The van der Waals surface area contributed by atoms with Crippen LogP contribution in [0.4, 0.5) is 0 Å². The Labute approximate surface area is 155 Å². The minimum atomic E-state index is 0.304. The maximum Gasteiger partial charge on any atom is 0.236 e. The molecule has 6 heteroatoms. The fraction of sp³-hybridized carbons (Fsp3) is 0.550. The van der Waals surface area contributed by atoms with Crippen LogP contribution in [-0.2, 0) is 4.79 Å². The maximum atomic E-state index is 12.2. The summed E-state index contributed by atoms with van der Waals surface area (Å²) in [5.41, 5.74) is 1.13. The molecule has 4 rings (SSSR count). The second kappa shape index (κ2) is 8.10. The molecule has 0 N–H and O–H groups in total. The molecule has 3 aliphatic heterocycles. The van der Waals surface area contributed by atoms with Crippen LogP contribution in [0, 0.1) is 0 Å². The van der Waals surface area contributed by atoms with Gasteiger partial charge in [-0.05, 0) is 30.5 Å². The maximum absolute atomic E-state index is 12.2. The Kier molecular flexibility index (Phi) is 5.41. The third kappa shape index (κ3) is 4.19. The number of ether oxygens (including phenoxy) is 2. The highest BCUT2D eigenvalue weighted by atomic mass is 16.7. The van der Waals surface area contributed by atoms with Crippen LogP contribution in [0.25, 0.3) is 6.08 Å². The highest BCUT2D eigenvalue weighted by Crippen LogP contribution is 2.32. The van der Waals surface area contributed by atoms with E-state index in [0.29, 0.717) is 19.2 Å². The van der Waals surface area contributed by atoms with Crippen molar-refractivity contribution in [3.63, 3.8) is 0 Å². The van der Waals surface area contributed by atoms with E-state index in [0.717, 1.165) is 75.7 Å². The van der Waals surface area contributed by atoms with Crippen molar-refractivity contribution in [2.75, 3.05) is 59.2 Å². The van der Waals surface area contributed by atoms with Gasteiger partial charge in [-0.2, -0.15) is 0 Å². The smallest absolute Gasteiger partial charge is 0.236 e. The second-order valence-corrected chi connectivity index (χ2v) is 7.18. The van der Waals surface area contributed by atoms with Crippen molar-refractivity contribution in [2.45, 2.75) is 12.8 Å². The van der Waals surface area contributed by atoms with Crippen LogP contribution in [-0.4, -0.2) is 79.8 Å². The molecule has 3 heterocycles. The Morgan fingerprint density at radius 2 is 1.69 bits per heavy atom. The minimum absolute atomic E-state index is 0.304. The molecule has 2 saturated heterocycles. The highest BCUT2D eigenvalue weighted by molar-refractivity contribution is 5.78. The molecule has 0 spiro atoms. The van der Waals surface area contributed by atoms with Crippen molar-refractivity contribution in [1.82, 2.24) is 14.7 Å². The van der Waals surface area contributed by atoms with E-state index in [2.05, 4.69) is 22.0 Å². The van der Waals surface area contributed by atoms with Crippen molar-refractivity contribution in [2.24, 2.45) is 0 Å². The van der Waals surface area contributed by atoms with Crippen LogP contribution in [0.2, 0.25) is 0 Å². The lowest BCUT2D eigenvalue weighted by atomic mass is 10.2. The number of hydrogen-bond donors (Lipinski definition) is 0. The zero-order valence-corrected chi connectivity index (χ0v) is 15.2. The number of piperazine rings is 1. The van der Waals surface area contributed by atoms with Gasteiger partial charge in [0.2, 0.25) is 12.7 Å². The number of carbonyl (C=O) groups excluding carboxylic acids is 1. The summed E-state index contributed by atoms with van der Waals surface area (Å²) in [7, 11) is 0. The molecule has 0 aromatic heterocycles. The monoisotopic (exact) mass is 357 g/mol. The number of benzene rings is 1. The van der Waals surface area contributed by atoms with E-state index in [1.54, 1.807) is 0 Å². The molecule has 26 heavy (non-hydrogen) atoms. The average Bonchev–Trinajstić information content (AvgIpc) is 3.34. The Morgan fingerprint density at radius 3 is 2.50 bits per heavy atom.